The molecule has 2 aliphatic rings. The molecule has 3 heterocycles. The monoisotopic (exact) mass is 343 g/mol. The van der Waals surface area contributed by atoms with Gasteiger partial charge in [-0.1, -0.05) is 0 Å². The van der Waals surface area contributed by atoms with Gasteiger partial charge in [0, 0.05) is 25.9 Å². The minimum atomic E-state index is -4.42. The van der Waals surface area contributed by atoms with Gasteiger partial charge in [0.05, 0.1) is 17.6 Å². The number of carbonyl (C=O) groups is 1. The van der Waals surface area contributed by atoms with E-state index in [0.29, 0.717) is 39.0 Å². The number of anilines is 1. The number of rotatable bonds is 3. The van der Waals surface area contributed by atoms with Crippen LogP contribution in [0, 0.1) is 11.8 Å². The van der Waals surface area contributed by atoms with Gasteiger partial charge in [0.2, 0.25) is 5.91 Å². The van der Waals surface area contributed by atoms with E-state index in [0.717, 1.165) is 6.07 Å². The van der Waals surface area contributed by atoms with Gasteiger partial charge >= 0.3 is 6.18 Å². The van der Waals surface area contributed by atoms with Gasteiger partial charge in [-0.05, 0) is 37.3 Å². The van der Waals surface area contributed by atoms with Crippen LogP contribution in [0.15, 0.2) is 18.3 Å². The van der Waals surface area contributed by atoms with Crippen LogP contribution in [0.4, 0.5) is 19.0 Å². The van der Waals surface area contributed by atoms with Crippen molar-refractivity contribution in [3.05, 3.63) is 23.9 Å². The van der Waals surface area contributed by atoms with E-state index in [-0.39, 0.29) is 29.7 Å². The molecule has 2 N–H and O–H groups in total. The first-order valence-corrected chi connectivity index (χ1v) is 8.06. The molecule has 1 aromatic rings. The van der Waals surface area contributed by atoms with Gasteiger partial charge in [-0.25, -0.2) is 4.98 Å². The first-order chi connectivity index (χ1) is 11.4. The molecule has 0 unspecified atom stereocenters. The van der Waals surface area contributed by atoms with Crippen molar-refractivity contribution in [2.45, 2.75) is 31.5 Å². The maximum Gasteiger partial charge on any atom is 0.419 e. The van der Waals surface area contributed by atoms with Gasteiger partial charge in [0.1, 0.15) is 5.82 Å². The number of nitrogens with zero attached hydrogens (tertiary/aromatic N) is 2. The Morgan fingerprint density at radius 1 is 1.29 bits per heavy atom. The highest BCUT2D eigenvalue weighted by Gasteiger charge is 2.41. The van der Waals surface area contributed by atoms with Gasteiger partial charge in [-0.2, -0.15) is 13.2 Å². The largest absolute Gasteiger partial charge is 0.419 e. The van der Waals surface area contributed by atoms with E-state index in [4.69, 9.17) is 10.5 Å². The Balaban J connectivity index is 1.69. The van der Waals surface area contributed by atoms with E-state index in [1.54, 1.807) is 4.90 Å². The fraction of sp³-hybridized carbons (Fsp3) is 0.625. The Morgan fingerprint density at radius 3 is 2.62 bits per heavy atom. The predicted octanol–water partition coefficient (Wildman–Crippen LogP) is 2.21. The Kier molecular flexibility index (Phi) is 4.67. The molecule has 0 spiro atoms. The second kappa shape index (κ2) is 6.58. The summed E-state index contributed by atoms with van der Waals surface area (Å²) in [6.45, 7) is 1.42. The molecule has 3 rings (SSSR count). The topological polar surface area (TPSA) is 68.5 Å². The van der Waals surface area contributed by atoms with Crippen molar-refractivity contribution >= 4 is 11.7 Å². The standard InChI is InChI=1S/C16H20F3N3O2/c17-16(18,19)12-2-1-6-21-15(12)22-7-3-10(4-8-22)13-11(14(20)23)5-9-24-13/h1-2,6,10-11,13H,3-5,7-9H2,(H2,20,23)/t11-,13+/m0/s1. The van der Waals surface area contributed by atoms with E-state index in [9.17, 15) is 18.0 Å². The van der Waals surface area contributed by atoms with Crippen molar-refractivity contribution in [1.82, 2.24) is 4.98 Å². The lowest BCUT2D eigenvalue weighted by Crippen LogP contribution is -2.42. The van der Waals surface area contributed by atoms with Crippen LogP contribution in [0.1, 0.15) is 24.8 Å². The molecular weight excluding hydrogens is 323 g/mol. The average molecular weight is 343 g/mol. The number of pyridine rings is 1. The van der Waals surface area contributed by atoms with E-state index in [1.165, 1.54) is 12.3 Å². The minimum Gasteiger partial charge on any atom is -0.377 e. The Bertz CT molecular complexity index is 600. The van der Waals surface area contributed by atoms with E-state index < -0.39 is 11.7 Å². The Morgan fingerprint density at radius 2 is 2.00 bits per heavy atom. The van der Waals surface area contributed by atoms with Crippen molar-refractivity contribution in [2.75, 3.05) is 24.6 Å². The lowest BCUT2D eigenvalue weighted by Gasteiger charge is -2.37. The lowest BCUT2D eigenvalue weighted by atomic mass is 9.84. The third-order valence-electron chi connectivity index (χ3n) is 4.90. The van der Waals surface area contributed by atoms with Crippen molar-refractivity contribution in [1.29, 1.82) is 0 Å². The summed E-state index contributed by atoms with van der Waals surface area (Å²) in [7, 11) is 0. The van der Waals surface area contributed by atoms with E-state index in [2.05, 4.69) is 4.98 Å². The maximum atomic E-state index is 13.1. The number of ether oxygens (including phenoxy) is 1. The van der Waals surface area contributed by atoms with Gasteiger partial charge in [-0.3, -0.25) is 4.79 Å². The summed E-state index contributed by atoms with van der Waals surface area (Å²) in [5, 5.41) is 0. The van der Waals surface area contributed by atoms with Crippen LogP contribution < -0.4 is 10.6 Å². The molecule has 132 valence electrons. The molecule has 8 heteroatoms. The fourth-order valence-corrected chi connectivity index (χ4v) is 3.69. The molecule has 0 saturated carbocycles. The third-order valence-corrected chi connectivity index (χ3v) is 4.90. The first kappa shape index (κ1) is 17.0. The summed E-state index contributed by atoms with van der Waals surface area (Å²) >= 11 is 0. The highest BCUT2D eigenvalue weighted by molar-refractivity contribution is 5.77. The van der Waals surface area contributed by atoms with Crippen LogP contribution in [-0.2, 0) is 15.7 Å². The number of piperidine rings is 1. The number of carbonyl (C=O) groups excluding carboxylic acids is 1. The second-order valence-electron chi connectivity index (χ2n) is 6.33. The number of aromatic nitrogens is 1. The fourth-order valence-electron chi connectivity index (χ4n) is 3.69. The summed E-state index contributed by atoms with van der Waals surface area (Å²) in [5.74, 6) is -0.535. The zero-order valence-electron chi connectivity index (χ0n) is 13.1. The van der Waals surface area contributed by atoms with Gasteiger partial charge in [-0.15, -0.1) is 0 Å². The molecular formula is C16H20F3N3O2. The average Bonchev–Trinajstić information content (AvgIpc) is 3.04. The highest BCUT2D eigenvalue weighted by atomic mass is 19.4. The minimum absolute atomic E-state index is 0.0257. The summed E-state index contributed by atoms with van der Waals surface area (Å²) in [6.07, 6.45) is -1.33. The highest BCUT2D eigenvalue weighted by Crippen LogP contribution is 2.38. The Labute approximate surface area is 138 Å². The third kappa shape index (κ3) is 3.33. The number of hydrogen-bond donors (Lipinski definition) is 1. The number of nitrogens with two attached hydrogens (primary N) is 1. The molecule has 2 atom stereocenters. The number of amides is 1. The second-order valence-corrected chi connectivity index (χ2v) is 6.33. The molecule has 24 heavy (non-hydrogen) atoms. The summed E-state index contributed by atoms with van der Waals surface area (Å²) < 4.78 is 45.1. The summed E-state index contributed by atoms with van der Waals surface area (Å²) in [5.41, 5.74) is 4.70. The number of alkyl halides is 3. The number of primary amides is 1. The van der Waals surface area contributed by atoms with Crippen LogP contribution >= 0.6 is 0 Å². The molecule has 2 fully saturated rings. The van der Waals surface area contributed by atoms with E-state index in [1.807, 2.05) is 0 Å². The van der Waals surface area contributed by atoms with Crippen molar-refractivity contribution in [2.24, 2.45) is 17.6 Å². The summed E-state index contributed by atoms with van der Waals surface area (Å²) in [4.78, 5) is 17.1. The van der Waals surface area contributed by atoms with Crippen LogP contribution in [0.3, 0.4) is 0 Å². The van der Waals surface area contributed by atoms with Crippen molar-refractivity contribution in [3.8, 4) is 0 Å². The zero-order chi connectivity index (χ0) is 17.3. The van der Waals surface area contributed by atoms with Crippen LogP contribution in [0.25, 0.3) is 0 Å². The number of halogens is 3. The van der Waals surface area contributed by atoms with Crippen LogP contribution in [0.2, 0.25) is 0 Å². The quantitative estimate of drug-likeness (QED) is 0.914. The molecule has 2 saturated heterocycles. The van der Waals surface area contributed by atoms with Gasteiger partial charge < -0.3 is 15.4 Å². The molecule has 2 aliphatic heterocycles. The van der Waals surface area contributed by atoms with Crippen LogP contribution in [-0.4, -0.2) is 36.7 Å². The molecule has 0 radical (unpaired) electrons. The SMILES string of the molecule is NC(=O)[C@H]1CCO[C@@H]1C1CCN(c2ncccc2C(F)(F)F)CC1. The molecule has 0 bridgehead atoms. The summed E-state index contributed by atoms with van der Waals surface area (Å²) in [6, 6.07) is 2.35. The van der Waals surface area contributed by atoms with Crippen LogP contribution in [0.5, 0.6) is 0 Å². The first-order valence-electron chi connectivity index (χ1n) is 8.06. The molecule has 1 amide bonds. The van der Waals surface area contributed by atoms with Gasteiger partial charge in [0.25, 0.3) is 0 Å². The number of hydrogen-bond acceptors (Lipinski definition) is 4. The lowest BCUT2D eigenvalue weighted by molar-refractivity contribution is -0.137. The smallest absolute Gasteiger partial charge is 0.377 e. The molecule has 5 nitrogen and oxygen atoms in total. The molecule has 1 aromatic heterocycles. The molecule has 0 aliphatic carbocycles. The Hall–Kier alpha value is -1.83. The normalized spacial score (nSPS) is 25.9. The van der Waals surface area contributed by atoms with Gasteiger partial charge in [0.15, 0.2) is 0 Å². The van der Waals surface area contributed by atoms with E-state index >= 15 is 0 Å². The zero-order valence-corrected chi connectivity index (χ0v) is 13.1. The predicted molar refractivity (Wildman–Crippen MR) is 81.2 cm³/mol. The maximum absolute atomic E-state index is 13.1. The van der Waals surface area contributed by atoms with Crippen molar-refractivity contribution < 1.29 is 22.7 Å². The van der Waals surface area contributed by atoms with Crippen molar-refractivity contribution in [3.63, 3.8) is 0 Å². The molecule has 0 aromatic carbocycles.